The Kier molecular flexibility index (Phi) is 2.71. The van der Waals surface area contributed by atoms with E-state index in [-0.39, 0.29) is 5.92 Å². The molecule has 0 amide bonds. The molecule has 2 nitrogen and oxygen atoms in total. The predicted octanol–water partition coefficient (Wildman–Crippen LogP) is 1.26. The van der Waals surface area contributed by atoms with Crippen LogP contribution in [-0.2, 0) is 6.18 Å². The van der Waals surface area contributed by atoms with E-state index in [1.54, 1.807) is 0 Å². The Morgan fingerprint density at radius 3 is 2.25 bits per heavy atom. The topological polar surface area (TPSA) is 40.5 Å². The van der Waals surface area contributed by atoms with Crippen LogP contribution in [0.5, 0.6) is 0 Å². The van der Waals surface area contributed by atoms with Crippen LogP contribution < -0.4 is 5.46 Å². The van der Waals surface area contributed by atoms with Crippen molar-refractivity contribution in [3.8, 4) is 0 Å². The highest BCUT2D eigenvalue weighted by molar-refractivity contribution is 6.59. The van der Waals surface area contributed by atoms with Crippen molar-refractivity contribution in [1.29, 1.82) is 0 Å². The highest BCUT2D eigenvalue weighted by atomic mass is 19.4. The summed E-state index contributed by atoms with van der Waals surface area (Å²) >= 11 is 0. The molecular formula is C10H10BF3O2. The monoisotopic (exact) mass is 230 g/mol. The first-order valence-electron chi connectivity index (χ1n) is 4.97. The molecule has 0 saturated heterocycles. The smallest absolute Gasteiger partial charge is 0.423 e. The average molecular weight is 230 g/mol. The molecule has 0 heterocycles. The van der Waals surface area contributed by atoms with Crippen LogP contribution in [0, 0.1) is 0 Å². The zero-order chi connectivity index (χ0) is 11.9. The second-order valence-corrected chi connectivity index (χ2v) is 3.99. The summed E-state index contributed by atoms with van der Waals surface area (Å²) in [7, 11) is -2.09. The molecule has 0 unspecified atom stereocenters. The fraction of sp³-hybridized carbons (Fsp3) is 0.400. The molecule has 0 bridgehead atoms. The first kappa shape index (κ1) is 11.5. The Morgan fingerprint density at radius 2 is 1.81 bits per heavy atom. The van der Waals surface area contributed by atoms with Gasteiger partial charge >= 0.3 is 13.3 Å². The van der Waals surface area contributed by atoms with E-state index in [0.717, 1.165) is 24.5 Å². The Labute approximate surface area is 90.9 Å². The van der Waals surface area contributed by atoms with Crippen molar-refractivity contribution < 1.29 is 23.2 Å². The van der Waals surface area contributed by atoms with Gasteiger partial charge in [0.25, 0.3) is 0 Å². The lowest BCUT2D eigenvalue weighted by Crippen LogP contribution is -2.36. The van der Waals surface area contributed by atoms with Gasteiger partial charge in [0.15, 0.2) is 0 Å². The molecule has 1 aromatic rings. The highest BCUT2D eigenvalue weighted by Crippen LogP contribution is 2.40. The summed E-state index contributed by atoms with van der Waals surface area (Å²) in [6.45, 7) is 0. The van der Waals surface area contributed by atoms with Gasteiger partial charge in [-0.2, -0.15) is 13.2 Å². The molecule has 1 aliphatic rings. The van der Waals surface area contributed by atoms with E-state index in [1.807, 2.05) is 0 Å². The summed E-state index contributed by atoms with van der Waals surface area (Å²) in [5.41, 5.74) is -0.695. The predicted molar refractivity (Wildman–Crippen MR) is 53.2 cm³/mol. The second kappa shape index (κ2) is 3.78. The lowest BCUT2D eigenvalue weighted by atomic mass is 9.75. The fourth-order valence-electron chi connectivity index (χ4n) is 1.72. The van der Waals surface area contributed by atoms with Gasteiger partial charge in [0.1, 0.15) is 0 Å². The van der Waals surface area contributed by atoms with Crippen molar-refractivity contribution in [2.75, 3.05) is 0 Å². The van der Waals surface area contributed by atoms with Crippen LogP contribution >= 0.6 is 0 Å². The van der Waals surface area contributed by atoms with E-state index < -0.39 is 24.3 Å². The molecule has 6 heteroatoms. The third kappa shape index (κ3) is 2.22. The quantitative estimate of drug-likeness (QED) is 0.751. The van der Waals surface area contributed by atoms with Gasteiger partial charge in [-0.15, -0.1) is 0 Å². The van der Waals surface area contributed by atoms with Crippen molar-refractivity contribution in [3.63, 3.8) is 0 Å². The minimum atomic E-state index is -4.55. The summed E-state index contributed by atoms with van der Waals surface area (Å²) in [5, 5.41) is 17.9. The van der Waals surface area contributed by atoms with Crippen molar-refractivity contribution in [1.82, 2.24) is 0 Å². The van der Waals surface area contributed by atoms with Crippen LogP contribution in [0.3, 0.4) is 0 Å². The van der Waals surface area contributed by atoms with Crippen LogP contribution in [0.1, 0.15) is 29.9 Å². The normalized spacial score (nSPS) is 16.3. The van der Waals surface area contributed by atoms with E-state index in [1.165, 1.54) is 12.1 Å². The number of hydrogen-bond acceptors (Lipinski definition) is 2. The highest BCUT2D eigenvalue weighted by Gasteiger charge is 2.37. The van der Waals surface area contributed by atoms with E-state index in [0.29, 0.717) is 0 Å². The van der Waals surface area contributed by atoms with Crippen LogP contribution in [0.15, 0.2) is 18.2 Å². The summed E-state index contributed by atoms with van der Waals surface area (Å²) in [5.74, 6) is 0.278. The molecule has 1 aromatic carbocycles. The third-order valence-electron chi connectivity index (χ3n) is 2.71. The van der Waals surface area contributed by atoms with Gasteiger partial charge in [-0.05, 0) is 29.8 Å². The molecule has 2 rings (SSSR count). The summed E-state index contributed by atoms with van der Waals surface area (Å²) in [4.78, 5) is 0. The second-order valence-electron chi connectivity index (χ2n) is 3.99. The summed E-state index contributed by atoms with van der Waals surface area (Å²) < 4.78 is 37.6. The maximum Gasteiger partial charge on any atom is 0.489 e. The standard InChI is InChI=1S/C10H10BF3O2/c12-10(13,14)8-4-3-7(6-1-2-6)5-9(8)11(15)16/h3-6,15-16H,1-2H2. The van der Waals surface area contributed by atoms with Crippen molar-refractivity contribution in [2.45, 2.75) is 24.9 Å². The number of benzene rings is 1. The first-order valence-corrected chi connectivity index (χ1v) is 4.97. The molecule has 0 aromatic heterocycles. The molecule has 0 aliphatic heterocycles. The molecule has 1 aliphatic carbocycles. The maximum absolute atomic E-state index is 12.5. The zero-order valence-corrected chi connectivity index (χ0v) is 8.33. The molecule has 1 fully saturated rings. The number of halogens is 3. The lowest BCUT2D eigenvalue weighted by Gasteiger charge is -2.13. The van der Waals surface area contributed by atoms with Gasteiger partial charge in [-0.1, -0.05) is 18.2 Å². The summed E-state index contributed by atoms with van der Waals surface area (Å²) in [6, 6.07) is 3.57. The van der Waals surface area contributed by atoms with E-state index in [2.05, 4.69) is 0 Å². The maximum atomic E-state index is 12.5. The van der Waals surface area contributed by atoms with E-state index in [9.17, 15) is 13.2 Å². The van der Waals surface area contributed by atoms with E-state index >= 15 is 0 Å². The van der Waals surface area contributed by atoms with Crippen molar-refractivity contribution in [3.05, 3.63) is 29.3 Å². The summed E-state index contributed by atoms with van der Waals surface area (Å²) in [6.07, 6.45) is -2.65. The number of rotatable bonds is 2. The molecule has 0 spiro atoms. The molecule has 0 radical (unpaired) electrons. The number of hydrogen-bond donors (Lipinski definition) is 2. The van der Waals surface area contributed by atoms with Crippen LogP contribution in [0.2, 0.25) is 0 Å². The van der Waals surface area contributed by atoms with Crippen molar-refractivity contribution in [2.24, 2.45) is 0 Å². The van der Waals surface area contributed by atoms with Crippen molar-refractivity contribution >= 4 is 12.6 Å². The van der Waals surface area contributed by atoms with Crippen LogP contribution in [0.25, 0.3) is 0 Å². The molecule has 0 atom stereocenters. The fourth-order valence-corrected chi connectivity index (χ4v) is 1.72. The lowest BCUT2D eigenvalue weighted by molar-refractivity contribution is -0.136. The molecular weight excluding hydrogens is 220 g/mol. The minimum Gasteiger partial charge on any atom is -0.423 e. The van der Waals surface area contributed by atoms with Crippen LogP contribution in [-0.4, -0.2) is 17.2 Å². The van der Waals surface area contributed by atoms with Gasteiger partial charge < -0.3 is 10.0 Å². The zero-order valence-electron chi connectivity index (χ0n) is 8.33. The van der Waals surface area contributed by atoms with Gasteiger partial charge in [0.05, 0.1) is 5.56 Å². The molecule has 86 valence electrons. The molecule has 2 N–H and O–H groups in total. The third-order valence-corrected chi connectivity index (χ3v) is 2.71. The average Bonchev–Trinajstić information content (AvgIpc) is 2.98. The Hall–Kier alpha value is -1.01. The van der Waals surface area contributed by atoms with Gasteiger partial charge in [-0.25, -0.2) is 0 Å². The first-order chi connectivity index (χ1) is 7.39. The number of alkyl halides is 3. The van der Waals surface area contributed by atoms with Crippen LogP contribution in [0.4, 0.5) is 13.2 Å². The molecule has 1 saturated carbocycles. The Bertz CT molecular complexity index is 400. The minimum absolute atomic E-state index is 0.278. The van der Waals surface area contributed by atoms with Gasteiger partial charge in [0, 0.05) is 0 Å². The van der Waals surface area contributed by atoms with Gasteiger partial charge in [0.2, 0.25) is 0 Å². The Morgan fingerprint density at radius 1 is 1.19 bits per heavy atom. The largest absolute Gasteiger partial charge is 0.489 e. The SMILES string of the molecule is OB(O)c1cc(C2CC2)ccc1C(F)(F)F. The van der Waals surface area contributed by atoms with E-state index in [4.69, 9.17) is 10.0 Å². The van der Waals surface area contributed by atoms with Gasteiger partial charge in [-0.3, -0.25) is 0 Å². The Balaban J connectivity index is 2.44. The molecule has 16 heavy (non-hydrogen) atoms.